The topological polar surface area (TPSA) is 63.3 Å². The Kier molecular flexibility index (Phi) is 3.94. The molecule has 0 aliphatic carbocycles. The van der Waals surface area contributed by atoms with Gasteiger partial charge in [-0.2, -0.15) is 0 Å². The van der Waals surface area contributed by atoms with Crippen LogP contribution in [0, 0.1) is 0 Å². The fraction of sp³-hybridized carbons (Fsp3) is 0.800. The molecule has 0 radical (unpaired) electrons. The van der Waals surface area contributed by atoms with Crippen LogP contribution in [0.5, 0.6) is 0 Å². The third kappa shape index (κ3) is 3.20. The van der Waals surface area contributed by atoms with Crippen LogP contribution in [0.15, 0.2) is 0 Å². The molecule has 5 heteroatoms. The molecule has 58 valence electrons. The Morgan fingerprint density at radius 1 is 1.90 bits per heavy atom. The predicted molar refractivity (Wildman–Crippen MR) is 44.0 cm³/mol. The Bertz CT molecular complexity index is 149. The monoisotopic (exact) mass is 179 g/mol. The van der Waals surface area contributed by atoms with Gasteiger partial charge in [-0.25, -0.2) is 0 Å². The van der Waals surface area contributed by atoms with Gasteiger partial charge in [-0.05, 0) is 20.7 Å². The first-order valence-electron chi connectivity index (χ1n) is 2.82. The minimum atomic E-state index is -1.11. The van der Waals surface area contributed by atoms with Gasteiger partial charge < -0.3 is 10.8 Å². The number of aliphatic carboxylic acids is 1. The van der Waals surface area contributed by atoms with E-state index in [0.717, 1.165) is 7.36 Å². The zero-order valence-corrected chi connectivity index (χ0v) is 7.41. The maximum absolute atomic E-state index is 10.4. The van der Waals surface area contributed by atoms with Gasteiger partial charge in [-0.15, -0.1) is 0 Å². The summed E-state index contributed by atoms with van der Waals surface area (Å²) in [4.78, 5) is 10.4. The number of nitrogens with two attached hydrogens (primary N) is 1. The average molecular weight is 179 g/mol. The first kappa shape index (κ1) is 9.95. The van der Waals surface area contributed by atoms with Crippen LogP contribution in [0.1, 0.15) is 13.3 Å². The van der Waals surface area contributed by atoms with E-state index in [4.69, 9.17) is 10.8 Å². The molecule has 10 heavy (non-hydrogen) atoms. The van der Waals surface area contributed by atoms with Gasteiger partial charge in [-0.3, -0.25) is 4.79 Å². The van der Waals surface area contributed by atoms with Crippen LogP contribution in [-0.2, 0) is 16.6 Å². The van der Waals surface area contributed by atoms with E-state index in [1.165, 1.54) is 6.92 Å². The normalized spacial score (nSPS) is 16.6. The lowest BCUT2D eigenvalue weighted by Gasteiger charge is -2.16. The number of carboxylic acid groups (broad SMARTS) is 1. The van der Waals surface area contributed by atoms with Crippen molar-refractivity contribution >= 4 is 25.1 Å². The van der Waals surface area contributed by atoms with E-state index in [0.29, 0.717) is 12.6 Å². The van der Waals surface area contributed by atoms with Crippen molar-refractivity contribution in [1.29, 1.82) is 0 Å². The van der Waals surface area contributed by atoms with Crippen LogP contribution < -0.4 is 5.73 Å². The fourth-order valence-electron chi connectivity index (χ4n) is 0.385. The lowest BCUT2D eigenvalue weighted by atomic mass is 10.0. The van der Waals surface area contributed by atoms with Crippen LogP contribution >= 0.6 is 7.36 Å². The van der Waals surface area contributed by atoms with Gasteiger partial charge in [0.2, 0.25) is 0 Å². The van der Waals surface area contributed by atoms with E-state index in [1.807, 2.05) is 0 Å². The molecule has 0 aromatic heterocycles. The van der Waals surface area contributed by atoms with Crippen LogP contribution in [0.2, 0.25) is 0 Å². The minimum absolute atomic E-state index is 0.438. The van der Waals surface area contributed by atoms with Gasteiger partial charge in [-0.1, -0.05) is 11.8 Å². The SMILES string of the molecule is C[C@](N)(CCP=S)C(=O)O. The van der Waals surface area contributed by atoms with Crippen molar-refractivity contribution in [2.24, 2.45) is 5.73 Å². The molecule has 3 N–H and O–H groups in total. The molecule has 0 rings (SSSR count). The highest BCUT2D eigenvalue weighted by Crippen LogP contribution is 2.09. The molecule has 0 heterocycles. The molecule has 0 amide bonds. The van der Waals surface area contributed by atoms with E-state index in [-0.39, 0.29) is 0 Å². The quantitative estimate of drug-likeness (QED) is 0.620. The van der Waals surface area contributed by atoms with Crippen molar-refractivity contribution in [3.63, 3.8) is 0 Å². The zero-order chi connectivity index (χ0) is 8.20. The van der Waals surface area contributed by atoms with Crippen molar-refractivity contribution < 1.29 is 9.90 Å². The van der Waals surface area contributed by atoms with Gasteiger partial charge in [0.1, 0.15) is 5.54 Å². The van der Waals surface area contributed by atoms with Crippen LogP contribution in [-0.4, -0.2) is 22.8 Å². The highest BCUT2D eigenvalue weighted by atomic mass is 32.4. The molecule has 0 spiro atoms. The van der Waals surface area contributed by atoms with Crippen LogP contribution in [0.3, 0.4) is 0 Å². The summed E-state index contributed by atoms with van der Waals surface area (Å²) < 4.78 is 0. The van der Waals surface area contributed by atoms with Gasteiger partial charge in [0.15, 0.2) is 0 Å². The number of hydrogen-bond donors (Lipinski definition) is 2. The Balaban J connectivity index is 3.86. The first-order chi connectivity index (χ1) is 4.50. The number of carbonyl (C=O) groups is 1. The second kappa shape index (κ2) is 3.96. The molecule has 1 atom stereocenters. The van der Waals surface area contributed by atoms with Gasteiger partial charge in [0, 0.05) is 6.16 Å². The molecule has 0 bridgehead atoms. The van der Waals surface area contributed by atoms with Crippen molar-refractivity contribution in [3.05, 3.63) is 0 Å². The van der Waals surface area contributed by atoms with Gasteiger partial charge >= 0.3 is 5.97 Å². The molecule has 3 nitrogen and oxygen atoms in total. The second-order valence-electron chi connectivity index (χ2n) is 2.33. The van der Waals surface area contributed by atoms with E-state index >= 15 is 0 Å². The van der Waals surface area contributed by atoms with Crippen molar-refractivity contribution in [3.8, 4) is 0 Å². The molecular formula is C5H10NO2PS. The number of rotatable bonds is 4. The lowest BCUT2D eigenvalue weighted by molar-refractivity contribution is -0.142. The minimum Gasteiger partial charge on any atom is -0.480 e. The molecule has 0 unspecified atom stereocenters. The molecule has 0 aromatic carbocycles. The van der Waals surface area contributed by atoms with Crippen LogP contribution in [0.4, 0.5) is 0 Å². The molecular weight excluding hydrogens is 169 g/mol. The Labute approximate surface area is 66.4 Å². The van der Waals surface area contributed by atoms with Crippen molar-refractivity contribution in [2.45, 2.75) is 18.9 Å². The fourth-order valence-corrected chi connectivity index (χ4v) is 1.21. The summed E-state index contributed by atoms with van der Waals surface area (Å²) in [5, 5.41) is 8.51. The van der Waals surface area contributed by atoms with E-state index in [9.17, 15) is 4.79 Å². The van der Waals surface area contributed by atoms with Gasteiger partial charge in [0.05, 0.1) is 0 Å². The molecule has 0 aliphatic rings. The summed E-state index contributed by atoms with van der Waals surface area (Å²) in [5.74, 6) is -0.967. The molecule has 0 saturated carbocycles. The third-order valence-electron chi connectivity index (χ3n) is 1.21. The first-order valence-corrected chi connectivity index (χ1v) is 4.91. The maximum Gasteiger partial charge on any atom is 0.323 e. The van der Waals surface area contributed by atoms with E-state index < -0.39 is 11.5 Å². The third-order valence-corrected chi connectivity index (χ3v) is 2.16. The summed E-state index contributed by atoms with van der Waals surface area (Å²) in [6, 6.07) is 0. The average Bonchev–Trinajstić information content (AvgIpc) is 1.84. The van der Waals surface area contributed by atoms with Crippen molar-refractivity contribution in [1.82, 2.24) is 0 Å². The zero-order valence-electron chi connectivity index (χ0n) is 5.70. The number of hydrogen-bond acceptors (Lipinski definition) is 3. The highest BCUT2D eigenvalue weighted by molar-refractivity contribution is 7.96. The van der Waals surface area contributed by atoms with Gasteiger partial charge in [0.25, 0.3) is 0 Å². The van der Waals surface area contributed by atoms with E-state index in [2.05, 4.69) is 11.8 Å². The summed E-state index contributed by atoms with van der Waals surface area (Å²) in [5.41, 5.74) is 4.29. The van der Waals surface area contributed by atoms with Crippen molar-refractivity contribution in [2.75, 3.05) is 6.16 Å². The summed E-state index contributed by atoms with van der Waals surface area (Å²) in [6.07, 6.45) is 1.10. The van der Waals surface area contributed by atoms with E-state index in [1.54, 1.807) is 0 Å². The smallest absolute Gasteiger partial charge is 0.323 e. The second-order valence-corrected chi connectivity index (χ2v) is 3.81. The Hall–Kier alpha value is -0.0500. The molecule has 0 saturated heterocycles. The Morgan fingerprint density at radius 3 is 2.70 bits per heavy atom. The summed E-state index contributed by atoms with van der Waals surface area (Å²) in [7, 11) is 0.775. The summed E-state index contributed by atoms with van der Waals surface area (Å²) >= 11 is 4.63. The van der Waals surface area contributed by atoms with Crippen LogP contribution in [0.25, 0.3) is 0 Å². The highest BCUT2D eigenvalue weighted by Gasteiger charge is 2.26. The lowest BCUT2D eigenvalue weighted by Crippen LogP contribution is -2.45. The Morgan fingerprint density at radius 2 is 2.40 bits per heavy atom. The standard InChI is InChI=1S/C5H10NO2PS/c1-5(6,4(7)8)2-3-9-10/h2-3,6H2,1H3,(H,7,8)/t5-/m0/s1. The maximum atomic E-state index is 10.4. The number of carboxylic acids is 1. The predicted octanol–water partition coefficient (Wildman–Crippen LogP) is 0.587. The largest absolute Gasteiger partial charge is 0.480 e. The molecule has 0 fully saturated rings. The summed E-state index contributed by atoms with van der Waals surface area (Å²) in [6.45, 7) is 1.50. The molecule has 0 aliphatic heterocycles. The molecule has 0 aromatic rings.